The molecule has 102 valence electrons. The van der Waals surface area contributed by atoms with Gasteiger partial charge >= 0.3 is 11.9 Å². The number of nitrogens with zero attached hydrogens (tertiary/aromatic N) is 1. The highest BCUT2D eigenvalue weighted by Gasteiger charge is 2.41. The Labute approximate surface area is 102 Å². The van der Waals surface area contributed by atoms with Crippen molar-refractivity contribution >= 4 is 24.1 Å². The number of carboxylic acid groups (broad SMARTS) is 2. The number of carbonyl (C=O) groups is 3. The van der Waals surface area contributed by atoms with Crippen LogP contribution in [-0.4, -0.2) is 51.7 Å². The van der Waals surface area contributed by atoms with Gasteiger partial charge in [0.05, 0.1) is 13.0 Å². The monoisotopic (exact) mass is 262 g/mol. The molecule has 0 aromatic carbocycles. The van der Waals surface area contributed by atoms with Crippen molar-refractivity contribution < 1.29 is 34.5 Å². The predicted molar refractivity (Wildman–Crippen MR) is 57.3 cm³/mol. The van der Waals surface area contributed by atoms with Crippen LogP contribution < -0.4 is 5.73 Å². The van der Waals surface area contributed by atoms with Gasteiger partial charge in [-0.15, -0.1) is 0 Å². The zero-order valence-corrected chi connectivity index (χ0v) is 9.40. The molecule has 0 heterocycles. The molecule has 0 aliphatic rings. The normalized spacial score (nSPS) is 14.8. The predicted octanol–water partition coefficient (Wildman–Crippen LogP) is -0.973. The van der Waals surface area contributed by atoms with Crippen LogP contribution in [0.5, 0.6) is 0 Å². The Bertz CT molecular complexity index is 355. The van der Waals surface area contributed by atoms with Gasteiger partial charge in [0.2, 0.25) is 0 Å². The second-order valence-electron chi connectivity index (χ2n) is 3.43. The minimum absolute atomic E-state index is 0.0932. The molecule has 0 saturated heterocycles. The van der Waals surface area contributed by atoms with Crippen molar-refractivity contribution in [3.05, 3.63) is 0 Å². The molecule has 5 N–H and O–H groups in total. The summed E-state index contributed by atoms with van der Waals surface area (Å²) in [7, 11) is 0. The highest BCUT2D eigenvalue weighted by Crippen LogP contribution is 2.21. The summed E-state index contributed by atoms with van der Waals surface area (Å²) in [5.41, 5.74) is 3.00. The van der Waals surface area contributed by atoms with E-state index >= 15 is 0 Å². The van der Waals surface area contributed by atoms with E-state index in [1.54, 1.807) is 0 Å². The van der Waals surface area contributed by atoms with E-state index in [4.69, 9.17) is 25.9 Å². The zero-order chi connectivity index (χ0) is 14.2. The molecule has 1 atom stereocenters. The molecule has 0 saturated carbocycles. The number of carboxylic acids is 2. The highest BCUT2D eigenvalue weighted by atomic mass is 16.5. The second kappa shape index (κ2) is 7.22. The van der Waals surface area contributed by atoms with Gasteiger partial charge in [0.25, 0.3) is 0 Å². The van der Waals surface area contributed by atoms with E-state index in [1.165, 1.54) is 0 Å². The van der Waals surface area contributed by atoms with E-state index in [-0.39, 0.29) is 25.1 Å². The SMILES string of the molecule is N/C(CCOC(CC=O)(CC(=O)O)C(=O)O)=N/O. The fourth-order valence-electron chi connectivity index (χ4n) is 1.19. The first-order valence-corrected chi connectivity index (χ1v) is 4.87. The molecule has 0 amide bonds. The van der Waals surface area contributed by atoms with Crippen LogP contribution in [0, 0.1) is 0 Å². The number of ether oxygens (including phenoxy) is 1. The first-order valence-electron chi connectivity index (χ1n) is 4.87. The summed E-state index contributed by atoms with van der Waals surface area (Å²) in [5.74, 6) is -3.17. The molecule has 9 nitrogen and oxygen atoms in total. The number of aldehydes is 1. The molecule has 0 bridgehead atoms. The molecule has 0 aliphatic heterocycles. The van der Waals surface area contributed by atoms with Gasteiger partial charge in [-0.25, -0.2) is 4.79 Å². The number of hydrogen-bond acceptors (Lipinski definition) is 6. The lowest BCUT2D eigenvalue weighted by Crippen LogP contribution is -2.44. The van der Waals surface area contributed by atoms with Gasteiger partial charge in [0, 0.05) is 12.8 Å². The summed E-state index contributed by atoms with van der Waals surface area (Å²) in [6.45, 7) is -0.288. The van der Waals surface area contributed by atoms with Gasteiger partial charge < -0.3 is 30.7 Å². The smallest absolute Gasteiger partial charge is 0.337 e. The van der Waals surface area contributed by atoms with Crippen LogP contribution in [0.1, 0.15) is 19.3 Å². The van der Waals surface area contributed by atoms with Gasteiger partial charge in [-0.2, -0.15) is 0 Å². The zero-order valence-electron chi connectivity index (χ0n) is 9.40. The molecule has 0 aromatic rings. The Morgan fingerprint density at radius 1 is 1.39 bits per heavy atom. The first kappa shape index (κ1) is 15.8. The molecule has 18 heavy (non-hydrogen) atoms. The number of hydrogen-bond donors (Lipinski definition) is 4. The van der Waals surface area contributed by atoms with Crippen LogP contribution in [0.3, 0.4) is 0 Å². The summed E-state index contributed by atoms with van der Waals surface area (Å²) in [6, 6.07) is 0. The lowest BCUT2D eigenvalue weighted by molar-refractivity contribution is -0.174. The molecule has 0 spiro atoms. The maximum absolute atomic E-state index is 11.0. The van der Waals surface area contributed by atoms with Crippen molar-refractivity contribution in [2.75, 3.05) is 6.61 Å². The Balaban J connectivity index is 4.77. The van der Waals surface area contributed by atoms with E-state index in [0.717, 1.165) is 0 Å². The van der Waals surface area contributed by atoms with Crippen molar-refractivity contribution in [1.29, 1.82) is 0 Å². The average molecular weight is 262 g/mol. The summed E-state index contributed by atoms with van der Waals surface area (Å²) in [6.07, 6.45) is -1.30. The molecule has 0 fully saturated rings. The third-order valence-electron chi connectivity index (χ3n) is 2.10. The molecule has 1 unspecified atom stereocenters. The molecule has 0 aromatic heterocycles. The molecule has 9 heteroatoms. The first-order chi connectivity index (χ1) is 8.38. The number of aliphatic carboxylic acids is 2. The van der Waals surface area contributed by atoms with E-state index in [0.29, 0.717) is 0 Å². The van der Waals surface area contributed by atoms with Crippen LogP contribution in [0.4, 0.5) is 0 Å². The number of amidine groups is 1. The standard InChI is InChI=1S/C9H14N2O7/c10-6(11-17)1-4-18-9(2-3-12,8(15)16)5-7(13)14/h3,17H,1-2,4-5H2,(H2,10,11)(H,13,14)(H,15,16). The highest BCUT2D eigenvalue weighted by molar-refractivity contribution is 5.86. The van der Waals surface area contributed by atoms with Crippen LogP contribution in [0.15, 0.2) is 5.16 Å². The Morgan fingerprint density at radius 3 is 2.39 bits per heavy atom. The van der Waals surface area contributed by atoms with E-state index in [9.17, 15) is 14.4 Å². The lowest BCUT2D eigenvalue weighted by atomic mass is 9.96. The number of carbonyl (C=O) groups excluding carboxylic acids is 1. The van der Waals surface area contributed by atoms with Crippen molar-refractivity contribution in [1.82, 2.24) is 0 Å². The Hall–Kier alpha value is -2.16. The van der Waals surface area contributed by atoms with Gasteiger partial charge in [0.1, 0.15) is 12.1 Å². The molecule has 0 radical (unpaired) electrons. The fourth-order valence-corrected chi connectivity index (χ4v) is 1.19. The van der Waals surface area contributed by atoms with Crippen LogP contribution >= 0.6 is 0 Å². The summed E-state index contributed by atoms with van der Waals surface area (Å²) >= 11 is 0. The van der Waals surface area contributed by atoms with Gasteiger partial charge in [0.15, 0.2) is 5.60 Å². The Morgan fingerprint density at radius 2 is 2.00 bits per heavy atom. The maximum Gasteiger partial charge on any atom is 0.337 e. The third-order valence-corrected chi connectivity index (χ3v) is 2.10. The van der Waals surface area contributed by atoms with Crippen molar-refractivity contribution in [3.8, 4) is 0 Å². The molecule has 0 rings (SSSR count). The third kappa shape index (κ3) is 4.78. The summed E-state index contributed by atoms with van der Waals surface area (Å²) in [5, 5.41) is 28.5. The molecule has 0 aliphatic carbocycles. The van der Waals surface area contributed by atoms with Crippen LogP contribution in [0.2, 0.25) is 0 Å². The molecular weight excluding hydrogens is 248 g/mol. The van der Waals surface area contributed by atoms with E-state index in [2.05, 4.69) is 5.16 Å². The van der Waals surface area contributed by atoms with Gasteiger partial charge in [-0.3, -0.25) is 4.79 Å². The topological polar surface area (TPSA) is 160 Å². The largest absolute Gasteiger partial charge is 0.481 e. The average Bonchev–Trinajstić information content (AvgIpc) is 2.27. The lowest BCUT2D eigenvalue weighted by Gasteiger charge is -2.25. The summed E-state index contributed by atoms with van der Waals surface area (Å²) in [4.78, 5) is 32.1. The minimum atomic E-state index is -2.14. The number of rotatable bonds is 9. The summed E-state index contributed by atoms with van der Waals surface area (Å²) < 4.78 is 4.93. The van der Waals surface area contributed by atoms with Crippen molar-refractivity contribution in [2.45, 2.75) is 24.9 Å². The van der Waals surface area contributed by atoms with Gasteiger partial charge in [-0.1, -0.05) is 5.16 Å². The quantitative estimate of drug-likeness (QED) is 0.136. The van der Waals surface area contributed by atoms with Crippen molar-refractivity contribution in [2.24, 2.45) is 10.9 Å². The number of oxime groups is 1. The van der Waals surface area contributed by atoms with Gasteiger partial charge in [-0.05, 0) is 0 Å². The number of nitrogens with two attached hydrogens (primary N) is 1. The minimum Gasteiger partial charge on any atom is -0.481 e. The van der Waals surface area contributed by atoms with Crippen molar-refractivity contribution in [3.63, 3.8) is 0 Å². The Kier molecular flexibility index (Phi) is 6.35. The van der Waals surface area contributed by atoms with Crippen LogP contribution in [0.25, 0.3) is 0 Å². The van der Waals surface area contributed by atoms with E-state index in [1.807, 2.05) is 0 Å². The van der Waals surface area contributed by atoms with Crippen LogP contribution in [-0.2, 0) is 19.1 Å². The maximum atomic E-state index is 11.0. The fraction of sp³-hybridized carbons (Fsp3) is 0.556. The van der Waals surface area contributed by atoms with E-state index < -0.39 is 30.4 Å². The second-order valence-corrected chi connectivity index (χ2v) is 3.43. The molecular formula is C9H14N2O7.